The van der Waals surface area contributed by atoms with Crippen molar-refractivity contribution in [2.45, 2.75) is 26.3 Å². The predicted molar refractivity (Wildman–Crippen MR) is 74.3 cm³/mol. The van der Waals surface area contributed by atoms with Crippen molar-refractivity contribution in [2.24, 2.45) is 0 Å². The molecule has 0 aromatic carbocycles. The van der Waals surface area contributed by atoms with E-state index in [-0.39, 0.29) is 29.7 Å². The van der Waals surface area contributed by atoms with Crippen LogP contribution in [0.1, 0.15) is 30.6 Å². The Morgan fingerprint density at radius 2 is 2.14 bits per heavy atom. The number of nitrogens with zero attached hydrogens (tertiary/aromatic N) is 3. The highest BCUT2D eigenvalue weighted by atomic mass is 35.5. The maximum atomic E-state index is 12.4. The summed E-state index contributed by atoms with van der Waals surface area (Å²) in [5.41, 5.74) is -0.788. The fraction of sp³-hybridized carbons (Fsp3) is 0.417. The number of carboxylic acids is 1. The summed E-state index contributed by atoms with van der Waals surface area (Å²) in [7, 11) is 0. The second-order valence-corrected chi connectivity index (χ2v) is 4.85. The van der Waals surface area contributed by atoms with Gasteiger partial charge in [0.25, 0.3) is 5.91 Å². The Balaban J connectivity index is 3.18. The molecule has 0 radical (unpaired) electrons. The Hall–Kier alpha value is -2.22. The molecule has 0 bridgehead atoms. The van der Waals surface area contributed by atoms with E-state index in [0.717, 1.165) is 0 Å². The number of hydrogen-bond acceptors (Lipinski definition) is 5. The summed E-state index contributed by atoms with van der Waals surface area (Å²) in [5, 5.41) is 19.3. The maximum absolute atomic E-state index is 12.4. The van der Waals surface area contributed by atoms with Gasteiger partial charge in [-0.05, 0) is 19.9 Å². The largest absolute Gasteiger partial charge is 0.481 e. The van der Waals surface area contributed by atoms with E-state index in [1.165, 1.54) is 17.2 Å². The highest BCUT2D eigenvalue weighted by Crippen LogP contribution is 2.27. The zero-order chi connectivity index (χ0) is 16.2. The van der Waals surface area contributed by atoms with E-state index in [2.05, 4.69) is 4.98 Å². The van der Waals surface area contributed by atoms with Gasteiger partial charge in [-0.2, -0.15) is 0 Å². The van der Waals surface area contributed by atoms with Gasteiger partial charge in [0, 0.05) is 18.8 Å². The molecule has 0 atom stereocenters. The fourth-order valence-electron chi connectivity index (χ4n) is 1.74. The zero-order valence-corrected chi connectivity index (χ0v) is 12.2. The highest BCUT2D eigenvalue weighted by molar-refractivity contribution is 6.32. The van der Waals surface area contributed by atoms with Crippen LogP contribution in [0, 0.1) is 10.1 Å². The molecule has 0 aliphatic rings. The summed E-state index contributed by atoms with van der Waals surface area (Å²) >= 11 is 5.66. The van der Waals surface area contributed by atoms with Gasteiger partial charge in [0.2, 0.25) is 5.15 Å². The van der Waals surface area contributed by atoms with Crippen LogP contribution in [0.5, 0.6) is 0 Å². The molecule has 1 heterocycles. The van der Waals surface area contributed by atoms with Crippen LogP contribution >= 0.6 is 11.6 Å². The molecular weight excluding hydrogens is 302 g/mol. The standard InChI is InChI=1S/C12H14ClN3O5/c1-7(2)15(6-4-9(17)18)12(19)8-3-5-14-11(13)10(8)16(20)21/h3,5,7H,4,6H2,1-2H3,(H,17,18). The lowest BCUT2D eigenvalue weighted by molar-refractivity contribution is -0.385. The number of amides is 1. The molecule has 0 aliphatic carbocycles. The topological polar surface area (TPSA) is 114 Å². The number of aromatic nitrogens is 1. The molecule has 21 heavy (non-hydrogen) atoms. The van der Waals surface area contributed by atoms with Gasteiger partial charge in [-0.15, -0.1) is 0 Å². The molecule has 8 nitrogen and oxygen atoms in total. The van der Waals surface area contributed by atoms with Crippen LogP contribution in [0.4, 0.5) is 5.69 Å². The van der Waals surface area contributed by atoms with E-state index in [0.29, 0.717) is 0 Å². The molecule has 0 saturated heterocycles. The van der Waals surface area contributed by atoms with Gasteiger partial charge in [-0.1, -0.05) is 11.6 Å². The fourth-order valence-corrected chi connectivity index (χ4v) is 1.97. The van der Waals surface area contributed by atoms with E-state index < -0.39 is 22.5 Å². The molecule has 0 fully saturated rings. The van der Waals surface area contributed by atoms with Crippen molar-refractivity contribution in [3.05, 3.63) is 33.1 Å². The summed E-state index contributed by atoms with van der Waals surface area (Å²) in [6.07, 6.45) is 0.939. The van der Waals surface area contributed by atoms with Crippen molar-refractivity contribution < 1.29 is 19.6 Å². The van der Waals surface area contributed by atoms with Gasteiger partial charge in [0.1, 0.15) is 5.56 Å². The summed E-state index contributed by atoms with van der Waals surface area (Å²) in [4.78, 5) is 38.1. The lowest BCUT2D eigenvalue weighted by atomic mass is 10.1. The van der Waals surface area contributed by atoms with Crippen LogP contribution in [-0.2, 0) is 4.79 Å². The van der Waals surface area contributed by atoms with Gasteiger partial charge in [-0.3, -0.25) is 19.7 Å². The van der Waals surface area contributed by atoms with Gasteiger partial charge in [-0.25, -0.2) is 4.98 Å². The number of carbonyl (C=O) groups excluding carboxylic acids is 1. The molecule has 0 aliphatic heterocycles. The van der Waals surface area contributed by atoms with Crippen molar-refractivity contribution in [1.82, 2.24) is 9.88 Å². The molecule has 1 rings (SSSR count). The number of halogens is 1. The van der Waals surface area contributed by atoms with Crippen LogP contribution < -0.4 is 0 Å². The summed E-state index contributed by atoms with van der Waals surface area (Å²) < 4.78 is 0. The normalized spacial score (nSPS) is 10.5. The number of rotatable bonds is 6. The van der Waals surface area contributed by atoms with Crippen LogP contribution in [0.15, 0.2) is 12.3 Å². The minimum Gasteiger partial charge on any atom is -0.481 e. The molecule has 1 aromatic heterocycles. The SMILES string of the molecule is CC(C)N(CCC(=O)O)C(=O)c1ccnc(Cl)c1[N+](=O)[O-]. The number of pyridine rings is 1. The molecule has 114 valence electrons. The Morgan fingerprint density at radius 3 is 2.62 bits per heavy atom. The molecule has 9 heteroatoms. The van der Waals surface area contributed by atoms with E-state index in [1.54, 1.807) is 13.8 Å². The van der Waals surface area contributed by atoms with Crippen LogP contribution in [0.3, 0.4) is 0 Å². The summed E-state index contributed by atoms with van der Waals surface area (Å²) in [6.45, 7) is 3.33. The number of hydrogen-bond donors (Lipinski definition) is 1. The number of nitro groups is 1. The van der Waals surface area contributed by atoms with Crippen LogP contribution in [0.2, 0.25) is 5.15 Å². The number of carbonyl (C=O) groups is 2. The third-order valence-corrected chi connectivity index (χ3v) is 3.02. The van der Waals surface area contributed by atoms with E-state index in [1.807, 2.05) is 0 Å². The van der Waals surface area contributed by atoms with Gasteiger partial charge >= 0.3 is 11.7 Å². The smallest absolute Gasteiger partial charge is 0.319 e. The first kappa shape index (κ1) is 16.8. The minimum absolute atomic E-state index is 0.0526. The molecule has 1 amide bonds. The van der Waals surface area contributed by atoms with E-state index in [9.17, 15) is 19.7 Å². The second-order valence-electron chi connectivity index (χ2n) is 4.49. The van der Waals surface area contributed by atoms with Crippen molar-refractivity contribution in [3.8, 4) is 0 Å². The first-order chi connectivity index (χ1) is 9.75. The van der Waals surface area contributed by atoms with Crippen molar-refractivity contribution in [3.63, 3.8) is 0 Å². The number of carboxylic acid groups (broad SMARTS) is 1. The first-order valence-corrected chi connectivity index (χ1v) is 6.45. The third-order valence-electron chi connectivity index (χ3n) is 2.74. The molecule has 1 aromatic rings. The van der Waals surface area contributed by atoms with Crippen molar-refractivity contribution in [2.75, 3.05) is 6.54 Å². The van der Waals surface area contributed by atoms with Crippen LogP contribution in [-0.4, -0.2) is 44.4 Å². The van der Waals surface area contributed by atoms with Gasteiger partial charge in [0.15, 0.2) is 0 Å². The third kappa shape index (κ3) is 4.12. The molecule has 0 saturated carbocycles. The Morgan fingerprint density at radius 1 is 1.52 bits per heavy atom. The first-order valence-electron chi connectivity index (χ1n) is 6.07. The predicted octanol–water partition coefficient (Wildman–Crippen LogP) is 1.97. The monoisotopic (exact) mass is 315 g/mol. The second kappa shape index (κ2) is 6.98. The average molecular weight is 316 g/mol. The van der Waals surface area contributed by atoms with Crippen LogP contribution in [0.25, 0.3) is 0 Å². The molecular formula is C12H14ClN3O5. The molecule has 0 unspecified atom stereocenters. The maximum Gasteiger partial charge on any atom is 0.319 e. The highest BCUT2D eigenvalue weighted by Gasteiger charge is 2.29. The minimum atomic E-state index is -1.06. The van der Waals surface area contributed by atoms with Crippen molar-refractivity contribution >= 4 is 29.2 Å². The zero-order valence-electron chi connectivity index (χ0n) is 11.4. The number of aliphatic carboxylic acids is 1. The van der Waals surface area contributed by atoms with Gasteiger partial charge in [0.05, 0.1) is 11.3 Å². The Kier molecular flexibility index (Phi) is 5.60. The lowest BCUT2D eigenvalue weighted by Gasteiger charge is -2.26. The Labute approximate surface area is 125 Å². The average Bonchev–Trinajstić information content (AvgIpc) is 2.37. The van der Waals surface area contributed by atoms with E-state index >= 15 is 0 Å². The van der Waals surface area contributed by atoms with Crippen molar-refractivity contribution in [1.29, 1.82) is 0 Å². The van der Waals surface area contributed by atoms with E-state index in [4.69, 9.17) is 16.7 Å². The summed E-state index contributed by atoms with van der Waals surface area (Å²) in [6, 6.07) is 0.881. The molecule has 1 N–H and O–H groups in total. The quantitative estimate of drug-likeness (QED) is 0.487. The lowest BCUT2D eigenvalue weighted by Crippen LogP contribution is -2.38. The van der Waals surface area contributed by atoms with Gasteiger partial charge < -0.3 is 10.0 Å². The molecule has 0 spiro atoms. The Bertz CT molecular complexity index is 576. The summed E-state index contributed by atoms with van der Waals surface area (Å²) in [5.74, 6) is -1.71.